The van der Waals surface area contributed by atoms with Gasteiger partial charge in [0.15, 0.2) is 5.69 Å². The van der Waals surface area contributed by atoms with Crippen LogP contribution < -0.4 is 20.7 Å². The third-order valence-electron chi connectivity index (χ3n) is 7.00. The minimum atomic E-state index is -4.71. The number of hydrogen-bond donors (Lipinski definition) is 3. The molecule has 1 unspecified atom stereocenters. The van der Waals surface area contributed by atoms with Crippen molar-refractivity contribution in [3.63, 3.8) is 0 Å². The number of nitrogens with zero attached hydrogens (tertiary/aromatic N) is 2. The van der Waals surface area contributed by atoms with Crippen molar-refractivity contribution >= 4 is 11.6 Å². The highest BCUT2D eigenvalue weighted by molar-refractivity contribution is 6.03. The molecule has 5 rings (SSSR count). The molecule has 3 aromatic carbocycles. The van der Waals surface area contributed by atoms with E-state index < -0.39 is 17.8 Å². The molecule has 1 saturated carbocycles. The van der Waals surface area contributed by atoms with Crippen molar-refractivity contribution in [2.45, 2.75) is 31.6 Å². The quantitative estimate of drug-likeness (QED) is 0.210. The number of aromatic nitrogens is 2. The Kier molecular flexibility index (Phi) is 8.41. The molecule has 10 heteroatoms. The average molecular weight is 564 g/mol. The van der Waals surface area contributed by atoms with Crippen molar-refractivity contribution in [2.24, 2.45) is 5.92 Å². The lowest BCUT2D eigenvalue weighted by atomic mass is 9.97. The molecule has 1 aromatic heterocycles. The van der Waals surface area contributed by atoms with Gasteiger partial charge in [-0.15, -0.1) is 0 Å². The van der Waals surface area contributed by atoms with E-state index in [2.05, 4.69) is 21.0 Å². The number of hydrogen-bond acceptors (Lipinski definition) is 5. The van der Waals surface area contributed by atoms with Crippen LogP contribution in [0.5, 0.6) is 5.75 Å². The van der Waals surface area contributed by atoms with Gasteiger partial charge in [-0.2, -0.15) is 18.3 Å². The molecule has 41 heavy (non-hydrogen) atoms. The Bertz CT molecular complexity index is 1500. The average Bonchev–Trinajstić information content (AvgIpc) is 3.67. The highest BCUT2D eigenvalue weighted by Crippen LogP contribution is 2.32. The normalized spacial score (nSPS) is 14.1. The molecule has 1 atom stereocenters. The number of rotatable bonds is 11. The molecule has 1 amide bonds. The number of anilines is 1. The number of ether oxygens (including phenoxy) is 1. The number of benzene rings is 3. The maximum absolute atomic E-state index is 13.6. The number of carbonyl (C=O) groups is 1. The van der Waals surface area contributed by atoms with E-state index >= 15 is 0 Å². The van der Waals surface area contributed by atoms with Gasteiger partial charge in [-0.3, -0.25) is 4.79 Å². The fourth-order valence-corrected chi connectivity index (χ4v) is 4.70. The van der Waals surface area contributed by atoms with Gasteiger partial charge < -0.3 is 20.7 Å². The van der Waals surface area contributed by atoms with Crippen molar-refractivity contribution in [1.82, 2.24) is 20.4 Å². The molecule has 0 radical (unpaired) electrons. The van der Waals surface area contributed by atoms with Crippen LogP contribution in [0, 0.1) is 5.92 Å². The van der Waals surface area contributed by atoms with Gasteiger partial charge in [-0.25, -0.2) is 4.68 Å². The Balaban J connectivity index is 1.44. The summed E-state index contributed by atoms with van der Waals surface area (Å²) in [5, 5.41) is 13.2. The second-order valence-corrected chi connectivity index (χ2v) is 10.2. The van der Waals surface area contributed by atoms with E-state index in [1.54, 1.807) is 38.4 Å². The van der Waals surface area contributed by atoms with Crippen LogP contribution in [0.25, 0.3) is 5.69 Å². The summed E-state index contributed by atoms with van der Waals surface area (Å²) in [5.74, 6) is 0.700. The highest BCUT2D eigenvalue weighted by atomic mass is 19.4. The number of nitrogens with one attached hydrogen (secondary N) is 3. The smallest absolute Gasteiger partial charge is 0.435 e. The van der Waals surface area contributed by atoms with Crippen LogP contribution in [0.2, 0.25) is 0 Å². The predicted octanol–water partition coefficient (Wildman–Crippen LogP) is 5.96. The van der Waals surface area contributed by atoms with Crippen LogP contribution in [0.3, 0.4) is 0 Å². The minimum Gasteiger partial charge on any atom is -0.497 e. The van der Waals surface area contributed by atoms with E-state index in [-0.39, 0.29) is 11.7 Å². The van der Waals surface area contributed by atoms with E-state index in [0.29, 0.717) is 23.8 Å². The van der Waals surface area contributed by atoms with Gasteiger partial charge in [0.25, 0.3) is 5.91 Å². The van der Waals surface area contributed by atoms with Crippen LogP contribution in [-0.2, 0) is 12.7 Å². The van der Waals surface area contributed by atoms with Crippen molar-refractivity contribution in [3.05, 3.63) is 107 Å². The second kappa shape index (κ2) is 12.2. The zero-order valence-corrected chi connectivity index (χ0v) is 22.8. The van der Waals surface area contributed by atoms with E-state index in [4.69, 9.17) is 4.74 Å². The SMILES string of the molecule is CNCc1cccc(-n2nc(C(F)(F)F)cc2C(=O)Nc2cccc(C(NCC3CC3)c3ccc(OC)cc3)c2)c1. The Hall–Kier alpha value is -4.15. The zero-order valence-electron chi connectivity index (χ0n) is 22.8. The minimum absolute atomic E-state index is 0.143. The summed E-state index contributed by atoms with van der Waals surface area (Å²) in [6.07, 6.45) is -2.31. The van der Waals surface area contributed by atoms with E-state index in [9.17, 15) is 18.0 Å². The lowest BCUT2D eigenvalue weighted by Gasteiger charge is -2.21. The van der Waals surface area contributed by atoms with E-state index in [0.717, 1.165) is 39.7 Å². The molecule has 214 valence electrons. The number of amides is 1. The fourth-order valence-electron chi connectivity index (χ4n) is 4.70. The van der Waals surface area contributed by atoms with Gasteiger partial charge in [-0.1, -0.05) is 36.4 Å². The first kappa shape index (κ1) is 28.4. The molecular weight excluding hydrogens is 531 g/mol. The Morgan fingerprint density at radius 1 is 1.02 bits per heavy atom. The zero-order chi connectivity index (χ0) is 29.0. The van der Waals surface area contributed by atoms with Crippen molar-refractivity contribution in [3.8, 4) is 11.4 Å². The van der Waals surface area contributed by atoms with Gasteiger partial charge in [-0.05, 0) is 85.4 Å². The molecule has 1 heterocycles. The summed E-state index contributed by atoms with van der Waals surface area (Å²) in [6, 6.07) is 22.6. The first-order chi connectivity index (χ1) is 19.7. The lowest BCUT2D eigenvalue weighted by Crippen LogP contribution is -2.25. The largest absolute Gasteiger partial charge is 0.497 e. The first-order valence-corrected chi connectivity index (χ1v) is 13.4. The maximum atomic E-state index is 13.6. The standard InChI is InChI=1S/C31H32F3N5O2/c1-35-18-21-5-3-8-25(15-21)39-27(17-28(38-39)31(32,33)34)30(40)37-24-7-4-6-23(16-24)29(36-19-20-9-10-20)22-11-13-26(41-2)14-12-22/h3-8,11-17,20,29,35-36H,9-10,18-19H2,1-2H3,(H,37,40). The molecule has 1 aliphatic carbocycles. The van der Waals surface area contributed by atoms with Gasteiger partial charge in [0.1, 0.15) is 11.4 Å². The molecule has 0 spiro atoms. The Labute approximate surface area is 236 Å². The molecule has 0 bridgehead atoms. The molecule has 0 aliphatic heterocycles. The fraction of sp³-hybridized carbons (Fsp3) is 0.290. The van der Waals surface area contributed by atoms with Crippen LogP contribution in [-0.4, -0.2) is 36.4 Å². The summed E-state index contributed by atoms with van der Waals surface area (Å²) in [4.78, 5) is 13.4. The molecule has 4 aromatic rings. The van der Waals surface area contributed by atoms with Crippen molar-refractivity contribution in [2.75, 3.05) is 26.0 Å². The maximum Gasteiger partial charge on any atom is 0.435 e. The molecule has 3 N–H and O–H groups in total. The van der Waals surface area contributed by atoms with Gasteiger partial charge in [0.05, 0.1) is 18.8 Å². The van der Waals surface area contributed by atoms with Crippen molar-refractivity contribution in [1.29, 1.82) is 0 Å². The summed E-state index contributed by atoms with van der Waals surface area (Å²) in [6.45, 7) is 1.37. The monoisotopic (exact) mass is 563 g/mol. The van der Waals surface area contributed by atoms with Crippen LogP contribution in [0.15, 0.2) is 78.9 Å². The lowest BCUT2D eigenvalue weighted by molar-refractivity contribution is -0.141. The summed E-state index contributed by atoms with van der Waals surface area (Å²) in [5.41, 5.74) is 2.25. The summed E-state index contributed by atoms with van der Waals surface area (Å²) in [7, 11) is 3.39. The van der Waals surface area contributed by atoms with Crippen LogP contribution in [0.1, 0.15) is 51.8 Å². The first-order valence-electron chi connectivity index (χ1n) is 13.4. The van der Waals surface area contributed by atoms with Crippen LogP contribution >= 0.6 is 0 Å². The third-order valence-corrected chi connectivity index (χ3v) is 7.00. The van der Waals surface area contributed by atoms with Crippen molar-refractivity contribution < 1.29 is 22.7 Å². The highest BCUT2D eigenvalue weighted by Gasteiger charge is 2.36. The molecule has 1 fully saturated rings. The molecular formula is C31H32F3N5O2. The Morgan fingerprint density at radius 3 is 2.46 bits per heavy atom. The molecule has 7 nitrogen and oxygen atoms in total. The van der Waals surface area contributed by atoms with E-state index in [1.807, 2.05) is 48.5 Å². The summed E-state index contributed by atoms with van der Waals surface area (Å²) >= 11 is 0. The Morgan fingerprint density at radius 2 is 1.78 bits per heavy atom. The molecule has 0 saturated heterocycles. The molecule has 1 aliphatic rings. The number of carbonyl (C=O) groups excluding carboxylic acids is 1. The topological polar surface area (TPSA) is 80.2 Å². The van der Waals surface area contributed by atoms with Gasteiger partial charge in [0, 0.05) is 18.3 Å². The predicted molar refractivity (Wildman–Crippen MR) is 151 cm³/mol. The number of methoxy groups -OCH3 is 1. The van der Waals surface area contributed by atoms with Gasteiger partial charge >= 0.3 is 6.18 Å². The number of halogens is 3. The van der Waals surface area contributed by atoms with Crippen LogP contribution in [0.4, 0.5) is 18.9 Å². The third kappa shape index (κ3) is 6.96. The number of alkyl halides is 3. The second-order valence-electron chi connectivity index (χ2n) is 10.2. The summed E-state index contributed by atoms with van der Waals surface area (Å²) < 4.78 is 47.3. The van der Waals surface area contributed by atoms with Gasteiger partial charge in [0.2, 0.25) is 0 Å². The van der Waals surface area contributed by atoms with E-state index in [1.165, 1.54) is 12.8 Å².